The molecule has 7 heteroatoms. The van der Waals surface area contributed by atoms with Gasteiger partial charge in [-0.15, -0.1) is 0 Å². The van der Waals surface area contributed by atoms with E-state index in [0.29, 0.717) is 0 Å². The zero-order valence-electron chi connectivity index (χ0n) is 5.93. The molecule has 1 aliphatic heterocycles. The van der Waals surface area contributed by atoms with Crippen LogP contribution in [-0.4, -0.2) is 35.5 Å². The SMILES string of the molecule is O=S1(=O)CCC(O)(C(F)(F)Br)C1. The van der Waals surface area contributed by atoms with Crippen molar-refractivity contribution in [2.24, 2.45) is 0 Å². The van der Waals surface area contributed by atoms with E-state index >= 15 is 0 Å². The van der Waals surface area contributed by atoms with Gasteiger partial charge in [-0.25, -0.2) is 8.42 Å². The first-order chi connectivity index (χ1) is 5.16. The highest BCUT2D eigenvalue weighted by atomic mass is 79.9. The summed E-state index contributed by atoms with van der Waals surface area (Å²) in [5.41, 5.74) is -2.44. The fraction of sp³-hybridized carbons (Fsp3) is 1.00. The van der Waals surface area contributed by atoms with Crippen LogP contribution in [0.3, 0.4) is 0 Å². The summed E-state index contributed by atoms with van der Waals surface area (Å²) in [6.45, 7) is 0. The van der Waals surface area contributed by atoms with Crippen LogP contribution >= 0.6 is 15.9 Å². The predicted octanol–water partition coefficient (Wildman–Crippen LogP) is 0.524. The Labute approximate surface area is 76.8 Å². The van der Waals surface area contributed by atoms with Crippen LogP contribution in [0, 0.1) is 0 Å². The molecular formula is C5H7BrF2O3S. The minimum Gasteiger partial charge on any atom is -0.381 e. The van der Waals surface area contributed by atoms with Crippen molar-refractivity contribution in [2.45, 2.75) is 16.9 Å². The largest absolute Gasteiger partial charge is 0.381 e. The predicted molar refractivity (Wildman–Crippen MR) is 42.1 cm³/mol. The average molecular weight is 265 g/mol. The minimum atomic E-state index is -3.54. The van der Waals surface area contributed by atoms with Crippen molar-refractivity contribution in [3.63, 3.8) is 0 Å². The highest BCUT2D eigenvalue weighted by Gasteiger charge is 2.56. The highest BCUT2D eigenvalue weighted by Crippen LogP contribution is 2.41. The summed E-state index contributed by atoms with van der Waals surface area (Å²) in [7, 11) is -3.50. The second-order valence-electron chi connectivity index (χ2n) is 2.87. The van der Waals surface area contributed by atoms with Crippen molar-refractivity contribution in [1.29, 1.82) is 0 Å². The van der Waals surface area contributed by atoms with Crippen LogP contribution in [0.5, 0.6) is 0 Å². The van der Waals surface area contributed by atoms with Crippen molar-refractivity contribution in [3.05, 3.63) is 0 Å². The van der Waals surface area contributed by atoms with Gasteiger partial charge in [-0.3, -0.25) is 0 Å². The number of alkyl halides is 3. The van der Waals surface area contributed by atoms with E-state index in [2.05, 4.69) is 0 Å². The maximum Gasteiger partial charge on any atom is 0.330 e. The van der Waals surface area contributed by atoms with Gasteiger partial charge in [0.05, 0.1) is 11.5 Å². The summed E-state index contributed by atoms with van der Waals surface area (Å²) in [4.78, 5) is -3.54. The van der Waals surface area contributed by atoms with Crippen LogP contribution in [0.1, 0.15) is 6.42 Å². The molecule has 1 atom stereocenters. The molecule has 0 amide bonds. The van der Waals surface area contributed by atoms with Gasteiger partial charge < -0.3 is 5.11 Å². The molecule has 1 fully saturated rings. The molecule has 1 saturated heterocycles. The molecule has 1 unspecified atom stereocenters. The Bertz CT molecular complexity index is 284. The van der Waals surface area contributed by atoms with Gasteiger partial charge in [0, 0.05) is 0 Å². The van der Waals surface area contributed by atoms with Gasteiger partial charge in [-0.05, 0) is 22.4 Å². The topological polar surface area (TPSA) is 54.4 Å². The van der Waals surface area contributed by atoms with Crippen molar-refractivity contribution >= 4 is 25.8 Å². The number of hydrogen-bond donors (Lipinski definition) is 1. The second-order valence-corrected chi connectivity index (χ2v) is 6.05. The lowest BCUT2D eigenvalue weighted by Crippen LogP contribution is -2.44. The molecule has 1 heterocycles. The monoisotopic (exact) mass is 264 g/mol. The van der Waals surface area contributed by atoms with Gasteiger partial charge in [0.1, 0.15) is 0 Å². The van der Waals surface area contributed by atoms with Crippen molar-refractivity contribution in [3.8, 4) is 0 Å². The van der Waals surface area contributed by atoms with Crippen LogP contribution in [0.25, 0.3) is 0 Å². The van der Waals surface area contributed by atoms with E-state index in [1.165, 1.54) is 0 Å². The lowest BCUT2D eigenvalue weighted by atomic mass is 10.1. The Hall–Kier alpha value is 0.250. The number of aliphatic hydroxyl groups is 1. The normalized spacial score (nSPS) is 35.3. The molecule has 12 heavy (non-hydrogen) atoms. The molecule has 72 valence electrons. The van der Waals surface area contributed by atoms with Crippen LogP contribution in [0.4, 0.5) is 8.78 Å². The second kappa shape index (κ2) is 2.62. The Morgan fingerprint density at radius 1 is 1.50 bits per heavy atom. The summed E-state index contributed by atoms with van der Waals surface area (Å²) in [6, 6.07) is 0. The Morgan fingerprint density at radius 3 is 2.17 bits per heavy atom. The van der Waals surface area contributed by atoms with E-state index < -0.39 is 32.4 Å². The van der Waals surface area contributed by atoms with Gasteiger partial charge in [0.25, 0.3) is 0 Å². The molecule has 3 nitrogen and oxygen atoms in total. The van der Waals surface area contributed by atoms with Crippen LogP contribution in [0.15, 0.2) is 0 Å². The Balaban J connectivity index is 2.93. The molecule has 0 spiro atoms. The zero-order chi connectivity index (χ0) is 9.62. The molecule has 0 radical (unpaired) electrons. The standard InChI is InChI=1S/C5H7BrF2O3S/c6-5(7,8)4(9)1-2-12(10,11)3-4/h9H,1-3H2. The summed E-state index contributed by atoms with van der Waals surface area (Å²) in [5.74, 6) is -1.26. The van der Waals surface area contributed by atoms with E-state index in [9.17, 15) is 22.3 Å². The van der Waals surface area contributed by atoms with Crippen molar-refractivity contribution in [1.82, 2.24) is 0 Å². The van der Waals surface area contributed by atoms with Gasteiger partial charge in [-0.2, -0.15) is 8.78 Å². The van der Waals surface area contributed by atoms with Crippen LogP contribution in [-0.2, 0) is 9.84 Å². The maximum atomic E-state index is 12.6. The first-order valence-corrected chi connectivity index (χ1v) is 5.77. The van der Waals surface area contributed by atoms with Gasteiger partial charge in [-0.1, -0.05) is 0 Å². The van der Waals surface area contributed by atoms with E-state index in [4.69, 9.17) is 0 Å². The van der Waals surface area contributed by atoms with Gasteiger partial charge in [0.15, 0.2) is 15.4 Å². The first-order valence-electron chi connectivity index (χ1n) is 3.16. The number of halogens is 3. The van der Waals surface area contributed by atoms with E-state index in [1.54, 1.807) is 0 Å². The molecule has 1 rings (SSSR count). The lowest BCUT2D eigenvalue weighted by Gasteiger charge is -2.25. The molecular weight excluding hydrogens is 258 g/mol. The third-order valence-electron chi connectivity index (χ3n) is 1.81. The fourth-order valence-corrected chi connectivity index (χ4v) is 3.43. The molecule has 0 bridgehead atoms. The van der Waals surface area contributed by atoms with E-state index in [1.807, 2.05) is 15.9 Å². The third kappa shape index (κ3) is 1.77. The maximum absolute atomic E-state index is 12.6. The van der Waals surface area contributed by atoms with E-state index in [0.717, 1.165) is 0 Å². The highest BCUT2D eigenvalue weighted by molar-refractivity contribution is 9.10. The molecule has 1 N–H and O–H groups in total. The fourth-order valence-electron chi connectivity index (χ4n) is 1.06. The zero-order valence-corrected chi connectivity index (χ0v) is 8.33. The average Bonchev–Trinajstić information content (AvgIpc) is 2.05. The Morgan fingerprint density at radius 2 is 2.00 bits per heavy atom. The van der Waals surface area contributed by atoms with Gasteiger partial charge in [0.2, 0.25) is 0 Å². The van der Waals surface area contributed by atoms with Crippen LogP contribution in [0.2, 0.25) is 0 Å². The molecule has 0 aliphatic carbocycles. The number of hydrogen-bond acceptors (Lipinski definition) is 3. The quantitative estimate of drug-likeness (QED) is 0.703. The molecule has 0 aromatic heterocycles. The smallest absolute Gasteiger partial charge is 0.330 e. The number of sulfone groups is 1. The van der Waals surface area contributed by atoms with Crippen molar-refractivity contribution in [2.75, 3.05) is 11.5 Å². The number of rotatable bonds is 1. The summed E-state index contributed by atoms with van der Waals surface area (Å²) in [6.07, 6.45) is -0.423. The summed E-state index contributed by atoms with van der Waals surface area (Å²) < 4.78 is 46.7. The minimum absolute atomic E-state index is 0.384. The molecule has 0 saturated carbocycles. The van der Waals surface area contributed by atoms with E-state index in [-0.39, 0.29) is 5.75 Å². The first kappa shape index (κ1) is 10.3. The van der Waals surface area contributed by atoms with Gasteiger partial charge >= 0.3 is 4.83 Å². The van der Waals surface area contributed by atoms with Crippen molar-refractivity contribution < 1.29 is 22.3 Å². The lowest BCUT2D eigenvalue weighted by molar-refractivity contribution is -0.0974. The molecule has 1 aliphatic rings. The molecule has 0 aromatic carbocycles. The summed E-state index contributed by atoms with van der Waals surface area (Å²) >= 11 is 1.97. The van der Waals surface area contributed by atoms with Crippen LogP contribution < -0.4 is 0 Å². The third-order valence-corrected chi connectivity index (χ3v) is 4.29. The Kier molecular flexibility index (Phi) is 2.25. The summed E-state index contributed by atoms with van der Waals surface area (Å²) in [5, 5.41) is 9.19. The molecule has 0 aromatic rings.